The third-order valence-electron chi connectivity index (χ3n) is 3.19. The second kappa shape index (κ2) is 5.16. The summed E-state index contributed by atoms with van der Waals surface area (Å²) >= 11 is 6.21. The van der Waals surface area contributed by atoms with Crippen LogP contribution >= 0.6 is 11.6 Å². The highest BCUT2D eigenvalue weighted by atomic mass is 35.5. The summed E-state index contributed by atoms with van der Waals surface area (Å²) in [6, 6.07) is 1.82. The van der Waals surface area contributed by atoms with E-state index in [1.54, 1.807) is 10.9 Å². The standard InChI is InChI=1S/C13H18ClN3O/c1-4-12-9(5-6-18-12)11(15)7-10-8(2)16-17(3)13(10)14/h5-6,11H,4,7,15H2,1-3H3. The Kier molecular flexibility index (Phi) is 3.78. The fraction of sp³-hybridized carbons (Fsp3) is 0.462. The number of rotatable bonds is 4. The number of hydrogen-bond acceptors (Lipinski definition) is 3. The van der Waals surface area contributed by atoms with Crippen LogP contribution < -0.4 is 5.73 Å². The minimum absolute atomic E-state index is 0.112. The maximum Gasteiger partial charge on any atom is 0.130 e. The Morgan fingerprint density at radius 2 is 2.28 bits per heavy atom. The van der Waals surface area contributed by atoms with Crippen LogP contribution in [0.5, 0.6) is 0 Å². The molecule has 2 aromatic rings. The van der Waals surface area contributed by atoms with E-state index in [-0.39, 0.29) is 6.04 Å². The Bertz CT molecular complexity index is 544. The van der Waals surface area contributed by atoms with Crippen molar-refractivity contribution < 1.29 is 4.42 Å². The number of halogens is 1. The molecule has 0 saturated carbocycles. The second-order valence-corrected chi connectivity index (χ2v) is 4.80. The van der Waals surface area contributed by atoms with E-state index in [1.165, 1.54) is 0 Å². The van der Waals surface area contributed by atoms with Crippen molar-refractivity contribution in [2.75, 3.05) is 0 Å². The van der Waals surface area contributed by atoms with Gasteiger partial charge < -0.3 is 10.2 Å². The van der Waals surface area contributed by atoms with Crippen molar-refractivity contribution in [2.24, 2.45) is 12.8 Å². The Hall–Kier alpha value is -1.26. The molecule has 5 heteroatoms. The highest BCUT2D eigenvalue weighted by molar-refractivity contribution is 6.30. The summed E-state index contributed by atoms with van der Waals surface area (Å²) in [5.74, 6) is 0.945. The third-order valence-corrected chi connectivity index (χ3v) is 3.67. The van der Waals surface area contributed by atoms with Crippen molar-refractivity contribution in [3.63, 3.8) is 0 Å². The van der Waals surface area contributed by atoms with Gasteiger partial charge >= 0.3 is 0 Å². The molecule has 1 atom stereocenters. The molecule has 0 bridgehead atoms. The Morgan fingerprint density at radius 3 is 2.83 bits per heavy atom. The molecule has 2 N–H and O–H groups in total. The first kappa shape index (κ1) is 13.2. The van der Waals surface area contributed by atoms with Crippen LogP contribution in [0.3, 0.4) is 0 Å². The maximum absolute atomic E-state index is 6.24. The highest BCUT2D eigenvalue weighted by Crippen LogP contribution is 2.26. The number of aryl methyl sites for hydroxylation is 3. The molecule has 1 unspecified atom stereocenters. The van der Waals surface area contributed by atoms with E-state index in [1.807, 2.05) is 20.0 Å². The lowest BCUT2D eigenvalue weighted by atomic mass is 10.00. The number of nitrogens with zero attached hydrogens (tertiary/aromatic N) is 2. The van der Waals surface area contributed by atoms with Crippen LogP contribution in [0.2, 0.25) is 5.15 Å². The summed E-state index contributed by atoms with van der Waals surface area (Å²) < 4.78 is 7.08. The molecule has 2 aromatic heterocycles. The zero-order valence-corrected chi connectivity index (χ0v) is 11.7. The number of nitrogens with two attached hydrogens (primary N) is 1. The highest BCUT2D eigenvalue weighted by Gasteiger charge is 2.18. The SMILES string of the molecule is CCc1occc1C(N)Cc1c(C)nn(C)c1Cl. The van der Waals surface area contributed by atoms with Gasteiger partial charge in [-0.2, -0.15) is 5.10 Å². The van der Waals surface area contributed by atoms with Gasteiger partial charge in [0.1, 0.15) is 10.9 Å². The summed E-state index contributed by atoms with van der Waals surface area (Å²) in [6.45, 7) is 4.00. The van der Waals surface area contributed by atoms with Crippen molar-refractivity contribution in [1.29, 1.82) is 0 Å². The van der Waals surface area contributed by atoms with Crippen molar-refractivity contribution in [3.05, 3.63) is 40.1 Å². The monoisotopic (exact) mass is 267 g/mol. The summed E-state index contributed by atoms with van der Waals surface area (Å²) in [5, 5.41) is 4.95. The number of aromatic nitrogens is 2. The van der Waals surface area contributed by atoms with Crippen molar-refractivity contribution in [2.45, 2.75) is 32.7 Å². The Labute approximate surface area is 112 Å². The Balaban J connectivity index is 2.24. The molecule has 0 aliphatic carbocycles. The van der Waals surface area contributed by atoms with E-state index in [0.717, 1.165) is 29.0 Å². The van der Waals surface area contributed by atoms with Gasteiger partial charge in [0.15, 0.2) is 0 Å². The molecule has 0 spiro atoms. The predicted octanol–water partition coefficient (Wildman–Crippen LogP) is 2.78. The van der Waals surface area contributed by atoms with Crippen LogP contribution in [0, 0.1) is 6.92 Å². The molecule has 0 fully saturated rings. The zero-order chi connectivity index (χ0) is 13.3. The van der Waals surface area contributed by atoms with E-state index >= 15 is 0 Å². The quantitative estimate of drug-likeness (QED) is 0.927. The molecular weight excluding hydrogens is 250 g/mol. The molecule has 0 aliphatic rings. The fourth-order valence-electron chi connectivity index (χ4n) is 2.20. The molecule has 0 aliphatic heterocycles. The lowest BCUT2D eigenvalue weighted by molar-refractivity contribution is 0.505. The molecule has 2 rings (SSSR count). The van der Waals surface area contributed by atoms with Gasteiger partial charge in [0.25, 0.3) is 0 Å². The van der Waals surface area contributed by atoms with E-state index in [9.17, 15) is 0 Å². The molecule has 4 nitrogen and oxygen atoms in total. The normalized spacial score (nSPS) is 12.9. The maximum atomic E-state index is 6.24. The van der Waals surface area contributed by atoms with E-state index in [0.29, 0.717) is 11.6 Å². The molecule has 18 heavy (non-hydrogen) atoms. The van der Waals surface area contributed by atoms with Crippen molar-refractivity contribution >= 4 is 11.6 Å². The van der Waals surface area contributed by atoms with Crippen LogP contribution in [0.25, 0.3) is 0 Å². The molecule has 0 amide bonds. The molecule has 0 radical (unpaired) electrons. The Morgan fingerprint density at radius 1 is 1.56 bits per heavy atom. The molecule has 2 heterocycles. The van der Waals surface area contributed by atoms with Crippen LogP contribution in [0.1, 0.15) is 35.5 Å². The average molecular weight is 268 g/mol. The van der Waals surface area contributed by atoms with Gasteiger partial charge in [-0.15, -0.1) is 0 Å². The summed E-state index contributed by atoms with van der Waals surface area (Å²) in [5.41, 5.74) is 9.23. The topological polar surface area (TPSA) is 57.0 Å². The lowest BCUT2D eigenvalue weighted by Crippen LogP contribution is -2.14. The van der Waals surface area contributed by atoms with Crippen LogP contribution in [-0.4, -0.2) is 9.78 Å². The molecule has 0 aromatic carbocycles. The minimum atomic E-state index is -0.112. The second-order valence-electron chi connectivity index (χ2n) is 4.44. The summed E-state index contributed by atoms with van der Waals surface area (Å²) in [4.78, 5) is 0. The van der Waals surface area contributed by atoms with Gasteiger partial charge in [-0.05, 0) is 19.4 Å². The van der Waals surface area contributed by atoms with Crippen LogP contribution in [-0.2, 0) is 19.9 Å². The first-order valence-corrected chi connectivity index (χ1v) is 6.42. The van der Waals surface area contributed by atoms with E-state index in [4.69, 9.17) is 21.8 Å². The summed E-state index contributed by atoms with van der Waals surface area (Å²) in [6.07, 6.45) is 3.20. The molecule has 98 valence electrons. The first-order chi connectivity index (χ1) is 8.54. The number of furan rings is 1. The largest absolute Gasteiger partial charge is 0.469 e. The van der Waals surface area contributed by atoms with Gasteiger partial charge in [0.05, 0.1) is 12.0 Å². The van der Waals surface area contributed by atoms with E-state index < -0.39 is 0 Å². The molecular formula is C13H18ClN3O. The molecule has 0 saturated heterocycles. The number of hydrogen-bond donors (Lipinski definition) is 1. The predicted molar refractivity (Wildman–Crippen MR) is 71.7 cm³/mol. The third kappa shape index (κ3) is 2.31. The van der Waals surface area contributed by atoms with Crippen molar-refractivity contribution in [3.8, 4) is 0 Å². The average Bonchev–Trinajstić information content (AvgIpc) is 2.90. The zero-order valence-electron chi connectivity index (χ0n) is 10.9. The van der Waals surface area contributed by atoms with Crippen LogP contribution in [0.4, 0.5) is 0 Å². The van der Waals surface area contributed by atoms with Gasteiger partial charge in [0, 0.05) is 30.6 Å². The fourth-order valence-corrected chi connectivity index (χ4v) is 2.46. The van der Waals surface area contributed by atoms with Crippen molar-refractivity contribution in [1.82, 2.24) is 9.78 Å². The smallest absolute Gasteiger partial charge is 0.130 e. The minimum Gasteiger partial charge on any atom is -0.469 e. The van der Waals surface area contributed by atoms with Gasteiger partial charge in [0.2, 0.25) is 0 Å². The van der Waals surface area contributed by atoms with Gasteiger partial charge in [-0.25, -0.2) is 0 Å². The van der Waals surface area contributed by atoms with E-state index in [2.05, 4.69) is 12.0 Å². The summed E-state index contributed by atoms with van der Waals surface area (Å²) in [7, 11) is 1.83. The first-order valence-electron chi connectivity index (χ1n) is 6.04. The lowest BCUT2D eigenvalue weighted by Gasteiger charge is -2.11. The van der Waals surface area contributed by atoms with Gasteiger partial charge in [-0.1, -0.05) is 18.5 Å². The van der Waals surface area contributed by atoms with Crippen LogP contribution in [0.15, 0.2) is 16.7 Å². The van der Waals surface area contributed by atoms with Gasteiger partial charge in [-0.3, -0.25) is 4.68 Å².